The monoisotopic (exact) mass is 2160 g/mol. The van der Waals surface area contributed by atoms with Crippen molar-refractivity contribution in [3.05, 3.63) is 146 Å². The van der Waals surface area contributed by atoms with E-state index in [9.17, 15) is 29.4 Å². The number of halogens is 3. The Bertz CT molecular complexity index is 5170. The summed E-state index contributed by atoms with van der Waals surface area (Å²) in [5.74, 6) is 2.07. The Morgan fingerprint density at radius 1 is 0.469 bits per heavy atom. The molecule has 1 aromatic carbocycles. The molecule has 3 unspecified atom stereocenters. The summed E-state index contributed by atoms with van der Waals surface area (Å²) in [4.78, 5) is 64.5. The molecule has 11 aliphatic rings. The molecule has 7 aromatic rings. The summed E-state index contributed by atoms with van der Waals surface area (Å²) >= 11 is 12.7. The zero-order valence-corrected chi connectivity index (χ0v) is 86.3. The highest BCUT2D eigenvalue weighted by Crippen LogP contribution is 2.49. The van der Waals surface area contributed by atoms with Gasteiger partial charge >= 0.3 is 23.9 Å². The van der Waals surface area contributed by atoms with Crippen LogP contribution in [-0.2, 0) is 37.9 Å². The number of carbonyl (C=O) groups excluding carboxylic acids is 2. The largest absolute Gasteiger partial charge is 0.477 e. The average molecular weight is 2160 g/mol. The van der Waals surface area contributed by atoms with Crippen molar-refractivity contribution in [2.45, 2.75) is 233 Å². The number of aromatic nitrogens is 3. The van der Waals surface area contributed by atoms with Crippen LogP contribution < -0.4 is 5.32 Å². The third-order valence-electron chi connectivity index (χ3n) is 28.3. The highest BCUT2D eigenvalue weighted by atomic mass is 127. The number of methoxy groups -OCH3 is 2. The number of hydrogen-bond acceptors (Lipinski definition) is 22. The minimum absolute atomic E-state index is 0.0162. The van der Waals surface area contributed by atoms with Crippen LogP contribution in [0, 0.1) is 56.0 Å². The maximum absolute atomic E-state index is 12.7. The molecule has 694 valence electrons. The maximum Gasteiger partial charge on any atom is 0.348 e. The van der Waals surface area contributed by atoms with Crippen LogP contribution in [0.5, 0.6) is 0 Å². The summed E-state index contributed by atoms with van der Waals surface area (Å²) in [6, 6.07) is 20.6. The molecule has 3 atom stereocenters. The zero-order chi connectivity index (χ0) is 90.5. The molecule has 3 N–H and O–H groups in total. The van der Waals surface area contributed by atoms with Crippen molar-refractivity contribution in [2.24, 2.45) is 47.3 Å². The first-order valence-corrected chi connectivity index (χ1v) is 53.1. The SMILES string of the molecule is CC1CCC(C2=C(c3cc(-c4ccc(-c5cc6ncccn6n5)cc4)sc3C(=O)O)CN(CC3COC(C)(C)O3)CC2)CC1.CC1CCC(C2=C(c3cc(I)sc3C(=O)O)CN(CC3COC(C)(C)O3)CC2)CC1.COC(=O)c1sc(I)cc1C1=C(C2CCC(C)CC2)CCN(CC2COC(C)(C)O2)C1.COC(=O)c1sc(I)cc1C1=C(C2CCC(C)CC2)CCNC1. The summed E-state index contributed by atoms with van der Waals surface area (Å²) in [5, 5.41) is 28.4. The van der Waals surface area contributed by atoms with Crippen LogP contribution in [-0.4, -0.2) is 205 Å². The van der Waals surface area contributed by atoms with Gasteiger partial charge in [-0.25, -0.2) is 28.7 Å². The van der Waals surface area contributed by atoms with Crippen molar-refractivity contribution < 1.29 is 67.3 Å². The Hall–Kier alpha value is -4.73. The number of hydrogen-bond donors (Lipinski definition) is 3. The quantitative estimate of drug-likeness (QED) is 0.0475. The van der Waals surface area contributed by atoms with Crippen LogP contribution in [0.1, 0.15) is 259 Å². The summed E-state index contributed by atoms with van der Waals surface area (Å²) in [6.45, 7) is 32.9. The number of esters is 2. The smallest absolute Gasteiger partial charge is 0.348 e. The van der Waals surface area contributed by atoms with Gasteiger partial charge in [-0.05, 0) is 298 Å². The second kappa shape index (κ2) is 43.5. The molecule has 21 nitrogen and oxygen atoms in total. The van der Waals surface area contributed by atoms with E-state index >= 15 is 0 Å². The van der Waals surface area contributed by atoms with Crippen molar-refractivity contribution in [2.75, 3.05) is 106 Å². The molecule has 3 saturated heterocycles. The van der Waals surface area contributed by atoms with Gasteiger partial charge in [-0.15, -0.1) is 45.3 Å². The molecule has 4 aliphatic carbocycles. The Kier molecular flexibility index (Phi) is 33.3. The van der Waals surface area contributed by atoms with Gasteiger partial charge < -0.3 is 53.4 Å². The standard InChI is InChI=1S/C35H40N4O4S.C24H34INO4S.C23H32INO4S.C18H24INO2S/c1-22-5-7-23(8-6-22)27-13-16-38(19-26-21-42-35(2,3)43-26)20-29(27)28-17-31(44-33(28)34(40)41)25-11-9-24(10-12-25)30-18-32-36-14-4-15-39(32)37-30;1-15-5-7-16(8-6-15)18-9-10-26(12-17-14-29-24(2,3)30-17)13-20(18)19-11-21(25)31-22(19)23(27)28-4;1-14-4-6-15(7-5-14)17-8-9-25(11-16-13-28-23(2,3)29-16)12-19(17)18-10-20(24)30-21(18)22(26)27;1-11-3-5-12(6-4-11)13-7-8-20-10-15(13)14-9-16(19)23-17(14)18(21)22-2/h4,9-12,14-15,17-18,22-23,26H,5-8,13,16,19-21H2,1-3H3,(H,40,41);11,15-17H,5-10,12-14H2,1-4H3;10,14-16H,4-9,11-13H2,1-3H3,(H,26,27);9,11-12,20H,3-8,10H2,1-2H3. The van der Waals surface area contributed by atoms with Crippen LogP contribution >= 0.6 is 113 Å². The van der Waals surface area contributed by atoms with Gasteiger partial charge in [0.05, 0.1) is 66.7 Å². The molecule has 7 aliphatic heterocycles. The topological polar surface area (TPSA) is 235 Å². The molecule has 0 bridgehead atoms. The number of nitrogens with zero attached hydrogens (tertiary/aromatic N) is 6. The third kappa shape index (κ3) is 24.6. The molecule has 6 aromatic heterocycles. The van der Waals surface area contributed by atoms with Crippen LogP contribution in [0.25, 0.3) is 49.6 Å². The van der Waals surface area contributed by atoms with E-state index in [-0.39, 0.29) is 30.3 Å². The molecular formula is C100H130I3N7O14S4. The van der Waals surface area contributed by atoms with E-state index in [2.05, 4.69) is 174 Å². The highest BCUT2D eigenvalue weighted by molar-refractivity contribution is 14.1. The number of carbonyl (C=O) groups is 4. The van der Waals surface area contributed by atoms with Crippen LogP contribution in [0.15, 0.2) is 95.3 Å². The maximum atomic E-state index is 12.7. The summed E-state index contributed by atoms with van der Waals surface area (Å²) in [7, 11) is 2.94. The number of benzene rings is 1. The van der Waals surface area contributed by atoms with E-state index in [0.717, 1.165) is 189 Å². The third-order valence-corrected chi connectivity index (χ3v) is 35.1. The van der Waals surface area contributed by atoms with Gasteiger partial charge in [-0.3, -0.25) is 14.7 Å². The van der Waals surface area contributed by atoms with Gasteiger partial charge in [0.2, 0.25) is 0 Å². The number of aromatic carboxylic acids is 2. The number of thiophene rings is 4. The second-order valence-electron chi connectivity index (χ2n) is 38.9. The van der Waals surface area contributed by atoms with E-state index in [0.29, 0.717) is 53.2 Å². The molecular weight excluding hydrogens is 2030 g/mol. The molecule has 0 spiro atoms. The summed E-state index contributed by atoms with van der Waals surface area (Å²) in [6.07, 6.45) is 28.3. The number of rotatable bonds is 20. The van der Waals surface area contributed by atoms with Crippen LogP contribution in [0.2, 0.25) is 0 Å². The number of carboxylic acids is 2. The average Bonchev–Trinajstić information content (AvgIpc) is 1.59. The molecule has 28 heteroatoms. The Balaban J connectivity index is 0.000000135. The van der Waals surface area contributed by atoms with Crippen LogP contribution in [0.4, 0.5) is 0 Å². The van der Waals surface area contributed by atoms with Crippen molar-refractivity contribution in [3.63, 3.8) is 0 Å². The molecule has 128 heavy (non-hydrogen) atoms. The van der Waals surface area contributed by atoms with E-state index in [1.54, 1.807) is 21.9 Å². The molecule has 4 saturated carbocycles. The minimum Gasteiger partial charge on any atom is -0.477 e. The molecule has 0 amide bonds. The first-order valence-electron chi connectivity index (χ1n) is 46.6. The number of nitrogens with one attached hydrogen (secondary N) is 1. The van der Waals surface area contributed by atoms with Gasteiger partial charge in [0.25, 0.3) is 0 Å². The summed E-state index contributed by atoms with van der Waals surface area (Å²) in [5.41, 5.74) is 19.0. The van der Waals surface area contributed by atoms with E-state index < -0.39 is 29.3 Å². The fourth-order valence-corrected chi connectivity index (χ4v) is 27.8. The number of fused-ring (bicyclic) bond motifs is 1. The fourth-order valence-electron chi connectivity index (χ4n) is 21.5. The van der Waals surface area contributed by atoms with Gasteiger partial charge in [0.1, 0.15) is 19.5 Å². The number of ether oxygens (including phenoxy) is 8. The minimum atomic E-state index is -0.861. The van der Waals surface area contributed by atoms with E-state index in [1.165, 1.54) is 196 Å². The highest BCUT2D eigenvalue weighted by Gasteiger charge is 2.42. The Morgan fingerprint density at radius 3 is 1.19 bits per heavy atom. The zero-order valence-electron chi connectivity index (χ0n) is 76.6. The van der Waals surface area contributed by atoms with Crippen molar-refractivity contribution in [1.29, 1.82) is 0 Å². The predicted molar refractivity (Wildman–Crippen MR) is 537 cm³/mol. The summed E-state index contributed by atoms with van der Waals surface area (Å²) < 4.78 is 50.8. The van der Waals surface area contributed by atoms with Crippen LogP contribution in [0.3, 0.4) is 0 Å². The first-order chi connectivity index (χ1) is 61.3. The van der Waals surface area contributed by atoms with E-state index in [4.69, 9.17) is 37.9 Å². The van der Waals surface area contributed by atoms with Crippen molar-refractivity contribution >= 4 is 165 Å². The van der Waals surface area contributed by atoms with Gasteiger partial charge in [0.15, 0.2) is 23.0 Å². The second-order valence-corrected chi connectivity index (χ2v) is 48.8. The molecule has 13 heterocycles. The van der Waals surface area contributed by atoms with Crippen molar-refractivity contribution in [3.8, 4) is 21.7 Å². The van der Waals surface area contributed by atoms with Gasteiger partial charge in [-0.2, -0.15) is 5.10 Å². The Morgan fingerprint density at radius 2 is 0.820 bits per heavy atom. The lowest BCUT2D eigenvalue weighted by Crippen LogP contribution is -2.39. The Labute approximate surface area is 813 Å². The fraction of sp³-hybridized carbons (Fsp3) is 0.600. The lowest BCUT2D eigenvalue weighted by Gasteiger charge is -2.37. The van der Waals surface area contributed by atoms with Gasteiger partial charge in [0, 0.05) is 117 Å². The molecule has 7 fully saturated rings. The normalized spacial score (nSPS) is 27.1. The molecule has 18 rings (SSSR count). The number of carboxylic acid groups (broad SMARTS) is 2. The lowest BCUT2D eigenvalue weighted by atomic mass is 9.75. The van der Waals surface area contributed by atoms with Crippen molar-refractivity contribution in [1.82, 2.24) is 34.6 Å². The van der Waals surface area contributed by atoms with E-state index in [1.807, 2.05) is 59.9 Å². The van der Waals surface area contributed by atoms with Gasteiger partial charge in [-0.1, -0.05) is 126 Å². The first kappa shape index (κ1) is 97.8. The lowest BCUT2D eigenvalue weighted by molar-refractivity contribution is -0.140. The predicted octanol–water partition coefficient (Wildman–Crippen LogP) is 23.0. The molecule has 0 radical (unpaired) electrons.